The second kappa shape index (κ2) is 11.3. The summed E-state index contributed by atoms with van der Waals surface area (Å²) in [5.74, 6) is -2.16. The molecule has 1 N–H and O–H groups in total. The molecule has 1 aromatic heterocycles. The standard InChI is InChI=1S/C22H21F3N4O6/c1-13-8-15(14(2)28(13)6-7-34-3)9-16(11-26)21(31)35-12-20(30)27-18-5-4-17(22(23,24)25)10-19(18)29(32)33/h4-5,8-10H,6-7,12H2,1-3H3,(H,27,30)/b16-9-. The molecule has 2 aromatic rings. The number of benzene rings is 1. The summed E-state index contributed by atoms with van der Waals surface area (Å²) in [6.07, 6.45) is -3.52. The van der Waals surface area contributed by atoms with Crippen molar-refractivity contribution in [3.05, 3.63) is 62.5 Å². The Hall–Kier alpha value is -4.18. The zero-order valence-electron chi connectivity index (χ0n) is 18.9. The number of rotatable bonds is 9. The fraction of sp³-hybridized carbons (Fsp3) is 0.318. The lowest BCUT2D eigenvalue weighted by molar-refractivity contribution is -0.384. The van der Waals surface area contributed by atoms with Crippen molar-refractivity contribution < 1.29 is 37.2 Å². The lowest BCUT2D eigenvalue weighted by Crippen LogP contribution is -2.22. The van der Waals surface area contributed by atoms with Crippen molar-refractivity contribution in [2.24, 2.45) is 0 Å². The molecule has 10 nitrogen and oxygen atoms in total. The van der Waals surface area contributed by atoms with Gasteiger partial charge in [-0.15, -0.1) is 0 Å². The van der Waals surface area contributed by atoms with Crippen molar-refractivity contribution in [1.29, 1.82) is 5.26 Å². The quantitative estimate of drug-likeness (QED) is 0.184. The number of anilines is 1. The Balaban J connectivity index is 2.11. The zero-order chi connectivity index (χ0) is 26.3. The Morgan fingerprint density at radius 3 is 2.54 bits per heavy atom. The topological polar surface area (TPSA) is 136 Å². The van der Waals surface area contributed by atoms with Crippen LogP contribution in [0.5, 0.6) is 0 Å². The summed E-state index contributed by atoms with van der Waals surface area (Å²) in [7, 11) is 1.56. The van der Waals surface area contributed by atoms with Crippen LogP contribution in [-0.2, 0) is 31.8 Å². The van der Waals surface area contributed by atoms with E-state index in [0.29, 0.717) is 24.8 Å². The van der Waals surface area contributed by atoms with Crippen LogP contribution in [0.4, 0.5) is 24.5 Å². The molecular weight excluding hydrogens is 473 g/mol. The van der Waals surface area contributed by atoms with Gasteiger partial charge in [-0.2, -0.15) is 18.4 Å². The summed E-state index contributed by atoms with van der Waals surface area (Å²) in [5, 5.41) is 22.5. The Morgan fingerprint density at radius 1 is 1.29 bits per heavy atom. The van der Waals surface area contributed by atoms with Gasteiger partial charge >= 0.3 is 12.1 Å². The van der Waals surface area contributed by atoms with Crippen LogP contribution in [0.25, 0.3) is 6.08 Å². The first-order chi connectivity index (χ1) is 16.4. The summed E-state index contributed by atoms with van der Waals surface area (Å²) in [5.41, 5.74) is -0.938. The maximum atomic E-state index is 12.8. The third kappa shape index (κ3) is 6.90. The maximum absolute atomic E-state index is 12.8. The van der Waals surface area contributed by atoms with Crippen molar-refractivity contribution >= 4 is 29.3 Å². The molecule has 0 unspecified atom stereocenters. The molecule has 0 aliphatic carbocycles. The molecule has 1 heterocycles. The number of carbonyl (C=O) groups is 2. The van der Waals surface area contributed by atoms with E-state index in [9.17, 15) is 38.1 Å². The summed E-state index contributed by atoms with van der Waals surface area (Å²) < 4.78 is 50.2. The van der Waals surface area contributed by atoms with Gasteiger partial charge < -0.3 is 19.4 Å². The summed E-state index contributed by atoms with van der Waals surface area (Å²) in [4.78, 5) is 34.4. The molecule has 0 fully saturated rings. The van der Waals surface area contributed by atoms with Crippen LogP contribution in [0, 0.1) is 35.3 Å². The predicted octanol–water partition coefficient (Wildman–Crippen LogP) is 3.77. The number of aromatic nitrogens is 1. The summed E-state index contributed by atoms with van der Waals surface area (Å²) in [6.45, 7) is 3.72. The van der Waals surface area contributed by atoms with Crippen LogP contribution in [0.15, 0.2) is 29.8 Å². The highest BCUT2D eigenvalue weighted by molar-refractivity contribution is 6.00. The van der Waals surface area contributed by atoms with Gasteiger partial charge in [0.2, 0.25) is 0 Å². The first-order valence-electron chi connectivity index (χ1n) is 9.99. The average molecular weight is 494 g/mol. The lowest BCUT2D eigenvalue weighted by atomic mass is 10.1. The number of nitrogens with zero attached hydrogens (tertiary/aromatic N) is 3. The van der Waals surface area contributed by atoms with Gasteiger partial charge in [-0.25, -0.2) is 4.79 Å². The number of nitrogens with one attached hydrogen (secondary N) is 1. The average Bonchev–Trinajstić information content (AvgIpc) is 3.05. The molecule has 186 valence electrons. The van der Waals surface area contributed by atoms with Crippen LogP contribution in [0.1, 0.15) is 22.5 Å². The highest BCUT2D eigenvalue weighted by atomic mass is 19.4. The molecule has 0 radical (unpaired) electrons. The van der Waals surface area contributed by atoms with Crippen molar-refractivity contribution in [2.75, 3.05) is 25.6 Å². The number of hydrogen-bond acceptors (Lipinski definition) is 7. The van der Waals surface area contributed by atoms with Crippen molar-refractivity contribution in [1.82, 2.24) is 4.57 Å². The van der Waals surface area contributed by atoms with Gasteiger partial charge in [0.1, 0.15) is 17.3 Å². The SMILES string of the molecule is COCCn1c(C)cc(/C=C(/C#N)C(=O)OCC(=O)Nc2ccc(C(F)(F)F)cc2[N+](=O)[O-])c1C. The Labute approximate surface area is 197 Å². The van der Waals surface area contributed by atoms with E-state index in [1.54, 1.807) is 26.2 Å². The van der Waals surface area contributed by atoms with E-state index in [4.69, 9.17) is 9.47 Å². The molecular formula is C22H21F3N4O6. The van der Waals surface area contributed by atoms with E-state index in [-0.39, 0.29) is 6.07 Å². The molecule has 0 saturated carbocycles. The second-order valence-electron chi connectivity index (χ2n) is 7.25. The minimum Gasteiger partial charge on any atom is -0.451 e. The molecule has 0 saturated heterocycles. The number of aryl methyl sites for hydroxylation is 1. The largest absolute Gasteiger partial charge is 0.451 e. The minimum absolute atomic E-state index is 0.279. The number of ether oxygens (including phenoxy) is 2. The van der Waals surface area contributed by atoms with E-state index < -0.39 is 52.1 Å². The number of esters is 1. The van der Waals surface area contributed by atoms with Gasteiger partial charge in [0, 0.05) is 31.1 Å². The van der Waals surface area contributed by atoms with E-state index in [1.807, 2.05) is 16.8 Å². The molecule has 0 spiro atoms. The molecule has 0 aliphatic heterocycles. The van der Waals surface area contributed by atoms with Gasteiger partial charge in [0.05, 0.1) is 17.1 Å². The van der Waals surface area contributed by atoms with Gasteiger partial charge in [0.15, 0.2) is 6.61 Å². The summed E-state index contributed by atoms with van der Waals surface area (Å²) in [6, 6.07) is 5.01. The van der Waals surface area contributed by atoms with Crippen LogP contribution in [0.3, 0.4) is 0 Å². The van der Waals surface area contributed by atoms with Crippen LogP contribution >= 0.6 is 0 Å². The number of hydrogen-bond donors (Lipinski definition) is 1. The first-order valence-corrected chi connectivity index (χ1v) is 9.99. The number of nitriles is 1. The minimum atomic E-state index is -4.81. The molecule has 1 amide bonds. The zero-order valence-corrected chi connectivity index (χ0v) is 18.9. The van der Waals surface area contributed by atoms with E-state index >= 15 is 0 Å². The van der Waals surface area contributed by atoms with Crippen LogP contribution in [-0.4, -0.2) is 41.7 Å². The van der Waals surface area contributed by atoms with Gasteiger partial charge in [-0.3, -0.25) is 14.9 Å². The highest BCUT2D eigenvalue weighted by Gasteiger charge is 2.33. The Bertz CT molecular complexity index is 1210. The number of nitro groups is 1. The number of halogens is 3. The first kappa shape index (κ1) is 27.1. The molecule has 0 aliphatic rings. The molecule has 35 heavy (non-hydrogen) atoms. The van der Waals surface area contributed by atoms with Crippen LogP contribution in [0.2, 0.25) is 0 Å². The molecule has 1 aromatic carbocycles. The van der Waals surface area contributed by atoms with E-state index in [1.165, 1.54) is 6.08 Å². The maximum Gasteiger partial charge on any atom is 0.416 e. The highest BCUT2D eigenvalue weighted by Crippen LogP contribution is 2.35. The molecule has 2 rings (SSSR count). The Kier molecular flexibility index (Phi) is 8.74. The molecule has 13 heteroatoms. The molecule has 0 bridgehead atoms. The smallest absolute Gasteiger partial charge is 0.416 e. The third-order valence-corrected chi connectivity index (χ3v) is 4.90. The number of alkyl halides is 3. The van der Waals surface area contributed by atoms with Gasteiger partial charge in [-0.1, -0.05) is 0 Å². The monoisotopic (exact) mass is 494 g/mol. The summed E-state index contributed by atoms with van der Waals surface area (Å²) >= 11 is 0. The number of nitro benzene ring substituents is 1. The van der Waals surface area contributed by atoms with Crippen molar-refractivity contribution in [3.8, 4) is 6.07 Å². The Morgan fingerprint density at radius 2 is 1.97 bits per heavy atom. The van der Waals surface area contributed by atoms with E-state index in [2.05, 4.69) is 0 Å². The van der Waals surface area contributed by atoms with Crippen molar-refractivity contribution in [2.45, 2.75) is 26.6 Å². The normalized spacial score (nSPS) is 11.6. The van der Waals surface area contributed by atoms with E-state index in [0.717, 1.165) is 17.5 Å². The number of methoxy groups -OCH3 is 1. The lowest BCUT2D eigenvalue weighted by Gasteiger charge is -2.10. The van der Waals surface area contributed by atoms with Gasteiger partial charge in [-0.05, 0) is 43.7 Å². The third-order valence-electron chi connectivity index (χ3n) is 4.90. The fourth-order valence-electron chi connectivity index (χ4n) is 3.15. The number of carbonyl (C=O) groups excluding carboxylic acids is 2. The number of amides is 1. The predicted molar refractivity (Wildman–Crippen MR) is 117 cm³/mol. The second-order valence-corrected chi connectivity index (χ2v) is 7.25. The van der Waals surface area contributed by atoms with Crippen molar-refractivity contribution in [3.63, 3.8) is 0 Å². The fourth-order valence-corrected chi connectivity index (χ4v) is 3.15. The molecule has 0 atom stereocenters. The van der Waals surface area contributed by atoms with Gasteiger partial charge in [0.25, 0.3) is 11.6 Å². The van der Waals surface area contributed by atoms with Crippen LogP contribution < -0.4 is 5.32 Å².